The number of hydrazone groups is 1. The van der Waals surface area contributed by atoms with Crippen LogP contribution in [0.4, 0.5) is 0 Å². The maximum absolute atomic E-state index is 11.8. The third-order valence-corrected chi connectivity index (χ3v) is 6.01. The molecule has 0 aliphatic carbocycles. The summed E-state index contributed by atoms with van der Waals surface area (Å²) in [7, 11) is 3.02. The number of rotatable bonds is 4. The average Bonchev–Trinajstić information content (AvgIpc) is 3.29. The van der Waals surface area contributed by atoms with Gasteiger partial charge in [-0.15, -0.1) is 0 Å². The second-order valence-corrected chi connectivity index (χ2v) is 8.08. The van der Waals surface area contributed by atoms with Crippen LogP contribution >= 0.6 is 11.6 Å². The first-order valence-electron chi connectivity index (χ1n) is 10.2. The van der Waals surface area contributed by atoms with Gasteiger partial charge in [0, 0.05) is 28.1 Å². The van der Waals surface area contributed by atoms with Crippen molar-refractivity contribution < 1.29 is 19.0 Å². The molecule has 0 fully saturated rings. The van der Waals surface area contributed by atoms with Crippen LogP contribution in [0.1, 0.15) is 45.7 Å². The van der Waals surface area contributed by atoms with Gasteiger partial charge in [0.15, 0.2) is 0 Å². The first-order chi connectivity index (χ1) is 15.6. The normalized spacial score (nSPS) is 18.8. The predicted octanol–water partition coefficient (Wildman–Crippen LogP) is 5.38. The van der Waals surface area contributed by atoms with Crippen LogP contribution in [0, 0.1) is 0 Å². The Balaban J connectivity index is 1.56. The zero-order chi connectivity index (χ0) is 22.2. The van der Waals surface area contributed by atoms with Gasteiger partial charge in [-0.05, 0) is 42.5 Å². The number of ether oxygens (including phenoxy) is 3. The highest BCUT2D eigenvalue weighted by Gasteiger charge is 2.41. The van der Waals surface area contributed by atoms with E-state index in [-0.39, 0.29) is 12.0 Å². The number of carbonyl (C=O) groups excluding carboxylic acids is 1. The van der Waals surface area contributed by atoms with Gasteiger partial charge >= 0.3 is 5.97 Å². The SMILES string of the molecule is COC(=O)c1ccc([C@@H]2Oc3ccc(Cl)cc3[C@H]3CC(c4cccc(OC)c4)=NN32)cc1. The maximum Gasteiger partial charge on any atom is 0.337 e. The van der Waals surface area contributed by atoms with Gasteiger partial charge in [-0.1, -0.05) is 35.9 Å². The summed E-state index contributed by atoms with van der Waals surface area (Å²) in [6.07, 6.45) is 0.268. The lowest BCUT2D eigenvalue weighted by molar-refractivity contribution is -0.0190. The van der Waals surface area contributed by atoms with Crippen molar-refractivity contribution in [2.75, 3.05) is 14.2 Å². The molecule has 3 aromatic carbocycles. The number of nitrogens with zero attached hydrogens (tertiary/aromatic N) is 2. The van der Waals surface area contributed by atoms with E-state index in [0.717, 1.165) is 33.9 Å². The second-order valence-electron chi connectivity index (χ2n) is 7.64. The van der Waals surface area contributed by atoms with E-state index in [0.29, 0.717) is 17.0 Å². The van der Waals surface area contributed by atoms with Crippen LogP contribution < -0.4 is 9.47 Å². The number of hydrogen-bond donors (Lipinski definition) is 0. The first kappa shape index (κ1) is 20.4. The zero-order valence-corrected chi connectivity index (χ0v) is 18.4. The van der Waals surface area contributed by atoms with E-state index < -0.39 is 6.23 Å². The number of benzene rings is 3. The minimum atomic E-state index is -0.441. The van der Waals surface area contributed by atoms with Crippen LogP contribution in [0.5, 0.6) is 11.5 Å². The summed E-state index contributed by atoms with van der Waals surface area (Å²) in [4.78, 5) is 11.8. The highest BCUT2D eigenvalue weighted by molar-refractivity contribution is 6.30. The third-order valence-electron chi connectivity index (χ3n) is 5.77. The molecule has 0 spiro atoms. The summed E-state index contributed by atoms with van der Waals surface area (Å²) in [6.45, 7) is 0. The number of carbonyl (C=O) groups is 1. The van der Waals surface area contributed by atoms with E-state index in [4.69, 9.17) is 30.9 Å². The Bertz CT molecular complexity index is 1210. The number of esters is 1. The van der Waals surface area contributed by atoms with Crippen LogP contribution in [0.3, 0.4) is 0 Å². The Morgan fingerprint density at radius 2 is 1.91 bits per heavy atom. The molecule has 5 rings (SSSR count). The van der Waals surface area contributed by atoms with Crippen molar-refractivity contribution in [3.8, 4) is 11.5 Å². The molecule has 2 aliphatic rings. The number of halogens is 1. The van der Waals surface area contributed by atoms with E-state index in [1.54, 1.807) is 19.2 Å². The van der Waals surface area contributed by atoms with E-state index in [9.17, 15) is 4.79 Å². The number of fused-ring (bicyclic) bond motifs is 3. The van der Waals surface area contributed by atoms with Crippen LogP contribution in [-0.4, -0.2) is 30.9 Å². The van der Waals surface area contributed by atoms with E-state index in [2.05, 4.69) is 0 Å². The molecule has 0 aromatic heterocycles. The average molecular weight is 449 g/mol. The van der Waals surface area contributed by atoms with E-state index in [1.165, 1.54) is 7.11 Å². The molecule has 0 radical (unpaired) electrons. The monoisotopic (exact) mass is 448 g/mol. The molecule has 0 unspecified atom stereocenters. The predicted molar refractivity (Wildman–Crippen MR) is 121 cm³/mol. The van der Waals surface area contributed by atoms with E-state index in [1.807, 2.05) is 59.6 Å². The van der Waals surface area contributed by atoms with Gasteiger partial charge in [-0.25, -0.2) is 9.80 Å². The van der Waals surface area contributed by atoms with Crippen molar-refractivity contribution in [1.29, 1.82) is 0 Å². The molecule has 32 heavy (non-hydrogen) atoms. The molecule has 0 saturated carbocycles. The molecule has 162 valence electrons. The third kappa shape index (κ3) is 3.56. The summed E-state index contributed by atoms with van der Waals surface area (Å²) in [5, 5.41) is 7.58. The minimum absolute atomic E-state index is 0.0241. The maximum atomic E-state index is 11.8. The van der Waals surface area contributed by atoms with E-state index >= 15 is 0 Å². The fourth-order valence-corrected chi connectivity index (χ4v) is 4.34. The molecule has 0 saturated heterocycles. The fraction of sp³-hybridized carbons (Fsp3) is 0.200. The molecule has 3 aromatic rings. The highest BCUT2D eigenvalue weighted by atomic mass is 35.5. The molecule has 7 heteroatoms. The van der Waals surface area contributed by atoms with Gasteiger partial charge < -0.3 is 14.2 Å². The molecule has 2 atom stereocenters. The van der Waals surface area contributed by atoms with Crippen molar-refractivity contribution in [2.24, 2.45) is 5.10 Å². The molecule has 2 aliphatic heterocycles. The molecular weight excluding hydrogens is 428 g/mol. The summed E-state index contributed by atoms with van der Waals surface area (Å²) in [6, 6.07) is 20.7. The molecular formula is C25H21ClN2O4. The summed E-state index contributed by atoms with van der Waals surface area (Å²) in [5.74, 6) is 1.18. The Morgan fingerprint density at radius 1 is 1.09 bits per heavy atom. The zero-order valence-electron chi connectivity index (χ0n) is 17.6. The highest BCUT2D eigenvalue weighted by Crippen LogP contribution is 2.48. The standard InChI is InChI=1S/C25H21ClN2O4/c1-30-19-5-3-4-17(12-19)21-14-22-20-13-18(26)10-11-23(20)32-24(28(22)27-21)15-6-8-16(9-7-15)25(29)31-2/h3-13,22,24H,14H2,1-2H3/t22-,24+/m1/s1. The van der Waals surface area contributed by atoms with Gasteiger partial charge in [0.2, 0.25) is 6.23 Å². The van der Waals surface area contributed by atoms with Gasteiger partial charge in [0.05, 0.1) is 31.5 Å². The van der Waals surface area contributed by atoms with Gasteiger partial charge in [-0.2, -0.15) is 5.10 Å². The summed E-state index contributed by atoms with van der Waals surface area (Å²) < 4.78 is 16.6. The topological polar surface area (TPSA) is 60.4 Å². The van der Waals surface area contributed by atoms with Gasteiger partial charge in [-0.3, -0.25) is 0 Å². The van der Waals surface area contributed by atoms with Crippen molar-refractivity contribution >= 4 is 23.3 Å². The van der Waals surface area contributed by atoms with Crippen LogP contribution in [-0.2, 0) is 4.74 Å². The quantitative estimate of drug-likeness (QED) is 0.501. The van der Waals surface area contributed by atoms with Crippen molar-refractivity contribution in [2.45, 2.75) is 18.7 Å². The van der Waals surface area contributed by atoms with Gasteiger partial charge in [0.25, 0.3) is 0 Å². The molecule has 6 nitrogen and oxygen atoms in total. The number of hydrogen-bond acceptors (Lipinski definition) is 6. The molecule has 2 heterocycles. The van der Waals surface area contributed by atoms with Crippen LogP contribution in [0.25, 0.3) is 0 Å². The summed E-state index contributed by atoms with van der Waals surface area (Å²) in [5.41, 5.74) is 4.32. The lowest BCUT2D eigenvalue weighted by Crippen LogP contribution is -2.33. The fourth-order valence-electron chi connectivity index (χ4n) is 4.16. The molecule has 0 N–H and O–H groups in total. The Hall–Kier alpha value is -3.51. The van der Waals surface area contributed by atoms with Gasteiger partial charge in [0.1, 0.15) is 11.5 Å². The lowest BCUT2D eigenvalue weighted by Gasteiger charge is -2.38. The second kappa shape index (κ2) is 8.20. The molecule has 0 bridgehead atoms. The Labute approximate surface area is 191 Å². The van der Waals surface area contributed by atoms with Crippen LogP contribution in [0.2, 0.25) is 5.02 Å². The van der Waals surface area contributed by atoms with Crippen molar-refractivity contribution in [1.82, 2.24) is 5.01 Å². The molecule has 0 amide bonds. The largest absolute Gasteiger partial charge is 0.497 e. The van der Waals surface area contributed by atoms with Crippen molar-refractivity contribution in [3.05, 3.63) is 94.0 Å². The first-order valence-corrected chi connectivity index (χ1v) is 10.6. The minimum Gasteiger partial charge on any atom is -0.497 e. The van der Waals surface area contributed by atoms with Crippen molar-refractivity contribution in [3.63, 3.8) is 0 Å². The Morgan fingerprint density at radius 3 is 2.66 bits per heavy atom. The smallest absolute Gasteiger partial charge is 0.337 e. The lowest BCUT2D eigenvalue weighted by atomic mass is 9.95. The van der Waals surface area contributed by atoms with Crippen LogP contribution in [0.15, 0.2) is 71.8 Å². The number of methoxy groups -OCH3 is 2. The Kier molecular flexibility index (Phi) is 5.23. The summed E-state index contributed by atoms with van der Waals surface area (Å²) >= 11 is 6.30.